The normalized spacial score (nSPS) is 23.8. The Balaban J connectivity index is 1.47. The lowest BCUT2D eigenvalue weighted by Crippen LogP contribution is -2.49. The minimum atomic E-state index is 0.662. The Morgan fingerprint density at radius 2 is 1.94 bits per heavy atom. The zero-order valence-corrected chi connectivity index (χ0v) is 12.2. The van der Waals surface area contributed by atoms with E-state index in [1.807, 2.05) is 6.20 Å². The minimum absolute atomic E-state index is 0.662. The van der Waals surface area contributed by atoms with Gasteiger partial charge in [0.15, 0.2) is 4.47 Å². The van der Waals surface area contributed by atoms with Crippen LogP contribution in [0.4, 0.5) is 0 Å². The number of hydrogen-bond acceptors (Lipinski definition) is 4. The lowest BCUT2D eigenvalue weighted by molar-refractivity contribution is 0.0943. The van der Waals surface area contributed by atoms with Crippen LogP contribution in [0, 0.1) is 0 Å². The molecule has 0 radical (unpaired) electrons. The highest BCUT2D eigenvalue weighted by Gasteiger charge is 2.26. The largest absolute Gasteiger partial charge is 0.298 e. The molecule has 2 heterocycles. The van der Waals surface area contributed by atoms with Gasteiger partial charge >= 0.3 is 0 Å². The molecule has 1 aromatic heterocycles. The predicted octanol–water partition coefficient (Wildman–Crippen LogP) is 2.86. The van der Waals surface area contributed by atoms with E-state index in [9.17, 15) is 0 Å². The Kier molecular flexibility index (Phi) is 4.19. The van der Waals surface area contributed by atoms with E-state index in [4.69, 9.17) is 11.6 Å². The molecule has 1 saturated heterocycles. The van der Waals surface area contributed by atoms with Gasteiger partial charge in [-0.2, -0.15) is 0 Å². The van der Waals surface area contributed by atoms with Crippen molar-refractivity contribution in [2.24, 2.45) is 0 Å². The fourth-order valence-electron chi connectivity index (χ4n) is 3.13. The molecule has 3 nitrogen and oxygen atoms in total. The van der Waals surface area contributed by atoms with Crippen molar-refractivity contribution in [1.29, 1.82) is 0 Å². The van der Waals surface area contributed by atoms with E-state index in [0.717, 1.165) is 12.6 Å². The van der Waals surface area contributed by atoms with Gasteiger partial charge in [-0.25, -0.2) is 4.98 Å². The summed E-state index contributed by atoms with van der Waals surface area (Å²) in [4.78, 5) is 10.6. The molecule has 1 saturated carbocycles. The molecule has 1 aromatic rings. The fraction of sp³-hybridized carbons (Fsp3) is 0.769. The standard InChI is InChI=1S/C13H20ClN3S/c14-13-15-9-12(18-13)10-16-5-7-17(8-6-16)11-3-1-2-4-11/h9,11H,1-8,10H2. The zero-order valence-electron chi connectivity index (χ0n) is 10.6. The number of piperazine rings is 1. The van der Waals surface area contributed by atoms with Crippen LogP contribution in [-0.4, -0.2) is 47.0 Å². The number of halogens is 1. The van der Waals surface area contributed by atoms with Crippen molar-refractivity contribution >= 4 is 22.9 Å². The van der Waals surface area contributed by atoms with Crippen LogP contribution < -0.4 is 0 Å². The van der Waals surface area contributed by atoms with Crippen LogP contribution >= 0.6 is 22.9 Å². The van der Waals surface area contributed by atoms with Gasteiger partial charge in [0.25, 0.3) is 0 Å². The molecule has 2 aliphatic rings. The third-order valence-corrected chi connectivity index (χ3v) is 5.25. The van der Waals surface area contributed by atoms with Gasteiger partial charge in [-0.1, -0.05) is 24.4 Å². The molecule has 0 unspecified atom stereocenters. The molecular weight excluding hydrogens is 266 g/mol. The lowest BCUT2D eigenvalue weighted by Gasteiger charge is -2.37. The van der Waals surface area contributed by atoms with E-state index in [1.165, 1.54) is 56.7 Å². The van der Waals surface area contributed by atoms with Crippen LogP contribution in [0.5, 0.6) is 0 Å². The quantitative estimate of drug-likeness (QED) is 0.851. The predicted molar refractivity (Wildman–Crippen MR) is 76.2 cm³/mol. The van der Waals surface area contributed by atoms with E-state index in [0.29, 0.717) is 4.47 Å². The summed E-state index contributed by atoms with van der Waals surface area (Å²) in [6, 6.07) is 0.880. The molecule has 3 rings (SSSR count). The van der Waals surface area contributed by atoms with Crippen molar-refractivity contribution in [1.82, 2.24) is 14.8 Å². The highest BCUT2D eigenvalue weighted by atomic mass is 35.5. The summed E-state index contributed by atoms with van der Waals surface area (Å²) >= 11 is 7.47. The summed E-state index contributed by atoms with van der Waals surface area (Å²) in [6.07, 6.45) is 7.62. The first-order valence-corrected chi connectivity index (χ1v) is 8.07. The summed E-state index contributed by atoms with van der Waals surface area (Å²) in [5.41, 5.74) is 0. The van der Waals surface area contributed by atoms with E-state index in [1.54, 1.807) is 11.3 Å². The van der Waals surface area contributed by atoms with Crippen LogP contribution in [0.3, 0.4) is 0 Å². The highest BCUT2D eigenvalue weighted by Crippen LogP contribution is 2.25. The van der Waals surface area contributed by atoms with E-state index in [2.05, 4.69) is 14.8 Å². The zero-order chi connectivity index (χ0) is 12.4. The van der Waals surface area contributed by atoms with Gasteiger partial charge in [-0.05, 0) is 12.8 Å². The Hall–Kier alpha value is -0.160. The molecule has 0 atom stereocenters. The number of aromatic nitrogens is 1. The van der Waals surface area contributed by atoms with Crippen LogP contribution in [0.25, 0.3) is 0 Å². The lowest BCUT2D eigenvalue weighted by atomic mass is 10.2. The van der Waals surface area contributed by atoms with Crippen LogP contribution in [0.1, 0.15) is 30.6 Å². The molecule has 0 N–H and O–H groups in total. The molecule has 5 heteroatoms. The van der Waals surface area contributed by atoms with Crippen molar-refractivity contribution in [3.8, 4) is 0 Å². The topological polar surface area (TPSA) is 19.4 Å². The fourth-order valence-corrected chi connectivity index (χ4v) is 4.15. The van der Waals surface area contributed by atoms with E-state index < -0.39 is 0 Å². The van der Waals surface area contributed by atoms with Gasteiger partial charge in [0.2, 0.25) is 0 Å². The maximum Gasteiger partial charge on any atom is 0.183 e. The third kappa shape index (κ3) is 3.05. The van der Waals surface area contributed by atoms with Gasteiger partial charge in [0.05, 0.1) is 0 Å². The first-order chi connectivity index (χ1) is 8.81. The summed E-state index contributed by atoms with van der Waals surface area (Å²) < 4.78 is 0.662. The van der Waals surface area contributed by atoms with Crippen LogP contribution in [0.15, 0.2) is 6.20 Å². The summed E-state index contributed by atoms with van der Waals surface area (Å²) in [6.45, 7) is 5.86. The molecule has 0 amide bonds. The molecule has 1 aliphatic carbocycles. The van der Waals surface area contributed by atoms with Gasteiger partial charge in [0.1, 0.15) is 0 Å². The molecule has 18 heavy (non-hydrogen) atoms. The second kappa shape index (κ2) is 5.87. The minimum Gasteiger partial charge on any atom is -0.298 e. The Morgan fingerprint density at radius 3 is 2.56 bits per heavy atom. The van der Waals surface area contributed by atoms with Crippen molar-refractivity contribution in [3.05, 3.63) is 15.5 Å². The van der Waals surface area contributed by atoms with Crippen molar-refractivity contribution < 1.29 is 0 Å². The van der Waals surface area contributed by atoms with Gasteiger partial charge in [-0.15, -0.1) is 11.3 Å². The van der Waals surface area contributed by atoms with Crippen LogP contribution in [0.2, 0.25) is 4.47 Å². The smallest absolute Gasteiger partial charge is 0.183 e. The Bertz CT molecular complexity index is 381. The van der Waals surface area contributed by atoms with Crippen molar-refractivity contribution in [3.63, 3.8) is 0 Å². The average molecular weight is 286 g/mol. The monoisotopic (exact) mass is 285 g/mol. The van der Waals surface area contributed by atoms with Gasteiger partial charge in [-0.3, -0.25) is 9.80 Å². The molecule has 0 bridgehead atoms. The van der Waals surface area contributed by atoms with Gasteiger partial charge in [0, 0.05) is 49.8 Å². The first kappa shape index (κ1) is 12.9. The summed E-state index contributed by atoms with van der Waals surface area (Å²) in [7, 11) is 0. The molecule has 1 aliphatic heterocycles. The number of thiazole rings is 1. The van der Waals surface area contributed by atoms with Crippen molar-refractivity contribution in [2.45, 2.75) is 38.3 Å². The van der Waals surface area contributed by atoms with E-state index in [-0.39, 0.29) is 0 Å². The maximum absolute atomic E-state index is 5.87. The number of rotatable bonds is 3. The summed E-state index contributed by atoms with van der Waals surface area (Å²) in [5.74, 6) is 0. The maximum atomic E-state index is 5.87. The second-order valence-electron chi connectivity index (χ2n) is 5.33. The first-order valence-electron chi connectivity index (χ1n) is 6.88. The molecule has 2 fully saturated rings. The van der Waals surface area contributed by atoms with Crippen LogP contribution in [-0.2, 0) is 6.54 Å². The average Bonchev–Trinajstić information content (AvgIpc) is 3.02. The van der Waals surface area contributed by atoms with E-state index >= 15 is 0 Å². The second-order valence-corrected chi connectivity index (χ2v) is 7.03. The molecule has 0 spiro atoms. The number of hydrogen-bond donors (Lipinski definition) is 0. The van der Waals surface area contributed by atoms with Crippen molar-refractivity contribution in [2.75, 3.05) is 26.2 Å². The molecule has 0 aromatic carbocycles. The third-order valence-electron chi connectivity index (χ3n) is 4.15. The highest BCUT2D eigenvalue weighted by molar-refractivity contribution is 7.15. The number of nitrogens with zero attached hydrogens (tertiary/aromatic N) is 3. The van der Waals surface area contributed by atoms with Gasteiger partial charge < -0.3 is 0 Å². The Morgan fingerprint density at radius 1 is 1.22 bits per heavy atom. The molecule has 100 valence electrons. The Labute approximate surface area is 118 Å². The SMILES string of the molecule is Clc1ncc(CN2CCN(C3CCCC3)CC2)s1. The summed E-state index contributed by atoms with van der Waals surface area (Å²) in [5, 5.41) is 0. The molecular formula is C13H20ClN3S.